The smallest absolute Gasteiger partial charge is 0.180 e. The Kier molecular flexibility index (Phi) is 29.5. The molecule has 13 nitrogen and oxygen atoms in total. The molecule has 0 atom stereocenters. The highest BCUT2D eigenvalue weighted by molar-refractivity contribution is 6.30. The van der Waals surface area contributed by atoms with Gasteiger partial charge in [-0.2, -0.15) is 0 Å². The highest BCUT2D eigenvalue weighted by atomic mass is 35.5. The van der Waals surface area contributed by atoms with E-state index in [1.807, 2.05) is 12.1 Å². The lowest BCUT2D eigenvalue weighted by Crippen LogP contribution is -2.21. The Morgan fingerprint density at radius 1 is 0.477 bits per heavy atom. The summed E-state index contributed by atoms with van der Waals surface area (Å²) < 4.78 is 64.7. The second kappa shape index (κ2) is 31.8. The summed E-state index contributed by atoms with van der Waals surface area (Å²) >= 11 is 6.00. The molecule has 14 heteroatoms. The van der Waals surface area contributed by atoms with Gasteiger partial charge < -0.3 is 62.6 Å². The summed E-state index contributed by atoms with van der Waals surface area (Å²) in [5.74, 6) is 0. The van der Waals surface area contributed by atoms with Gasteiger partial charge in [0.2, 0.25) is 0 Å². The van der Waals surface area contributed by atoms with Crippen LogP contribution in [0, 0.1) is 0 Å². The van der Waals surface area contributed by atoms with Crippen LogP contribution in [0.4, 0.5) is 5.69 Å². The predicted molar refractivity (Wildman–Crippen MR) is 166 cm³/mol. The van der Waals surface area contributed by atoms with Crippen LogP contribution in [0.1, 0.15) is 5.56 Å². The van der Waals surface area contributed by atoms with Crippen molar-refractivity contribution in [2.75, 3.05) is 152 Å². The quantitative estimate of drug-likeness (QED) is 0.0661. The largest absolute Gasteiger partial charge is 0.399 e. The molecule has 1 rings (SSSR count). The van der Waals surface area contributed by atoms with E-state index in [1.54, 1.807) is 20.3 Å². The van der Waals surface area contributed by atoms with Crippen LogP contribution >= 0.6 is 11.6 Å². The monoisotopic (exact) mass is 655 g/mol. The van der Waals surface area contributed by atoms with Gasteiger partial charge in [-0.3, -0.25) is 0 Å². The standard InChI is InChI=1S/C30H54ClNO12/c1-33-30(34-2)26-44-22-21-43-20-19-42-18-17-41-16-15-40-14-13-39-12-11-38-10-9-37-8-7-36-6-5-35-4-3-27-23-28(31)25-29(32)24-27/h23-25,30H,3-22,26,32H2,1-2H3. The molecule has 0 bridgehead atoms. The minimum atomic E-state index is -0.352. The molecule has 0 heterocycles. The van der Waals surface area contributed by atoms with Gasteiger partial charge in [0, 0.05) is 24.9 Å². The Labute approximate surface area is 267 Å². The zero-order valence-electron chi connectivity index (χ0n) is 26.5. The molecule has 0 aromatic heterocycles. The van der Waals surface area contributed by atoms with Crippen molar-refractivity contribution in [3.05, 3.63) is 28.8 Å². The number of hydrogen-bond donors (Lipinski definition) is 1. The average molecular weight is 656 g/mol. The van der Waals surface area contributed by atoms with E-state index in [2.05, 4.69) is 0 Å². The molecule has 0 aliphatic heterocycles. The molecule has 2 N–H and O–H groups in total. The summed E-state index contributed by atoms with van der Waals surface area (Å²) in [7, 11) is 3.14. The van der Waals surface area contributed by atoms with E-state index in [0.717, 1.165) is 12.0 Å². The molecular weight excluding hydrogens is 602 g/mol. The first-order chi connectivity index (χ1) is 21.7. The van der Waals surface area contributed by atoms with E-state index >= 15 is 0 Å². The zero-order chi connectivity index (χ0) is 31.8. The third kappa shape index (κ3) is 27.2. The Morgan fingerprint density at radius 2 is 0.795 bits per heavy atom. The van der Waals surface area contributed by atoms with Crippen LogP contribution in [0.25, 0.3) is 0 Å². The number of hydrogen-bond acceptors (Lipinski definition) is 13. The van der Waals surface area contributed by atoms with Gasteiger partial charge in [0.05, 0.1) is 132 Å². The fraction of sp³-hybridized carbons (Fsp3) is 0.800. The van der Waals surface area contributed by atoms with Crippen molar-refractivity contribution < 1.29 is 56.8 Å². The highest BCUT2D eigenvalue weighted by Crippen LogP contribution is 2.16. The molecule has 0 unspecified atom stereocenters. The van der Waals surface area contributed by atoms with Crippen molar-refractivity contribution in [2.24, 2.45) is 0 Å². The van der Waals surface area contributed by atoms with Gasteiger partial charge in [0.25, 0.3) is 0 Å². The van der Waals surface area contributed by atoms with Crippen molar-refractivity contribution in [3.8, 4) is 0 Å². The molecule has 0 amide bonds. The minimum Gasteiger partial charge on any atom is -0.399 e. The predicted octanol–water partition coefficient (Wildman–Crippen LogP) is 2.25. The summed E-state index contributed by atoms with van der Waals surface area (Å²) in [5, 5.41) is 0.638. The first-order valence-corrected chi connectivity index (χ1v) is 15.4. The molecule has 258 valence electrons. The highest BCUT2D eigenvalue weighted by Gasteiger charge is 2.04. The maximum atomic E-state index is 6.00. The van der Waals surface area contributed by atoms with Crippen LogP contribution in [0.2, 0.25) is 5.02 Å². The van der Waals surface area contributed by atoms with Gasteiger partial charge in [-0.1, -0.05) is 11.6 Å². The first-order valence-electron chi connectivity index (χ1n) is 15.0. The lowest BCUT2D eigenvalue weighted by Gasteiger charge is -2.13. The molecule has 0 aliphatic rings. The van der Waals surface area contributed by atoms with Crippen LogP contribution in [0.3, 0.4) is 0 Å². The summed E-state index contributed by atoms with van der Waals surface area (Å²) in [6.07, 6.45) is 0.402. The fourth-order valence-corrected chi connectivity index (χ4v) is 3.67. The topological polar surface area (TPSA) is 137 Å². The van der Waals surface area contributed by atoms with E-state index in [1.165, 1.54) is 0 Å². The van der Waals surface area contributed by atoms with Crippen LogP contribution in [-0.2, 0) is 63.3 Å². The van der Waals surface area contributed by atoms with E-state index in [0.29, 0.717) is 143 Å². The molecule has 0 radical (unpaired) electrons. The SMILES string of the molecule is COC(COCCOCCOCCOCCOCCOCCOCCOCCOCCOCCc1cc(N)cc(Cl)c1)OC. The van der Waals surface area contributed by atoms with E-state index in [9.17, 15) is 0 Å². The lowest BCUT2D eigenvalue weighted by molar-refractivity contribution is -0.143. The molecule has 0 fully saturated rings. The Bertz CT molecular complexity index is 728. The third-order valence-corrected chi connectivity index (χ3v) is 5.86. The molecule has 0 spiro atoms. The maximum Gasteiger partial charge on any atom is 0.180 e. The van der Waals surface area contributed by atoms with Gasteiger partial charge in [0.15, 0.2) is 6.29 Å². The Morgan fingerprint density at radius 3 is 1.11 bits per heavy atom. The summed E-state index contributed by atoms with van der Waals surface area (Å²) in [6.45, 7) is 10.0. The van der Waals surface area contributed by atoms with Crippen molar-refractivity contribution >= 4 is 17.3 Å². The molecule has 0 saturated heterocycles. The van der Waals surface area contributed by atoms with Gasteiger partial charge in [-0.05, 0) is 30.2 Å². The van der Waals surface area contributed by atoms with Crippen LogP contribution < -0.4 is 5.73 Å². The van der Waals surface area contributed by atoms with Gasteiger partial charge in [-0.25, -0.2) is 0 Å². The number of ether oxygens (including phenoxy) is 12. The number of nitrogens with two attached hydrogens (primary N) is 1. The molecule has 1 aromatic rings. The van der Waals surface area contributed by atoms with Gasteiger partial charge in [-0.15, -0.1) is 0 Å². The van der Waals surface area contributed by atoms with Crippen molar-refractivity contribution in [2.45, 2.75) is 12.7 Å². The first kappa shape index (κ1) is 40.9. The second-order valence-electron chi connectivity index (χ2n) is 9.13. The number of halogens is 1. The number of anilines is 1. The molecule has 0 aliphatic carbocycles. The van der Waals surface area contributed by atoms with Crippen LogP contribution in [-0.4, -0.2) is 153 Å². The number of methoxy groups -OCH3 is 2. The normalized spacial score (nSPS) is 11.6. The second-order valence-corrected chi connectivity index (χ2v) is 9.57. The third-order valence-electron chi connectivity index (χ3n) is 5.64. The van der Waals surface area contributed by atoms with Crippen LogP contribution in [0.15, 0.2) is 18.2 Å². The maximum absolute atomic E-state index is 6.00. The number of rotatable bonds is 34. The summed E-state index contributed by atoms with van der Waals surface area (Å²) in [4.78, 5) is 0. The van der Waals surface area contributed by atoms with Crippen molar-refractivity contribution in [1.82, 2.24) is 0 Å². The van der Waals surface area contributed by atoms with Crippen LogP contribution in [0.5, 0.6) is 0 Å². The molecular formula is C30H54ClNO12. The van der Waals surface area contributed by atoms with Gasteiger partial charge >= 0.3 is 0 Å². The van der Waals surface area contributed by atoms with Gasteiger partial charge in [0.1, 0.15) is 0 Å². The van der Waals surface area contributed by atoms with E-state index < -0.39 is 0 Å². The Hall–Kier alpha value is -1.17. The fourth-order valence-electron chi connectivity index (χ4n) is 3.40. The zero-order valence-corrected chi connectivity index (χ0v) is 27.3. The average Bonchev–Trinajstić information content (AvgIpc) is 3.01. The molecule has 1 aromatic carbocycles. The summed E-state index contributed by atoms with van der Waals surface area (Å²) in [6, 6.07) is 5.52. The molecule has 44 heavy (non-hydrogen) atoms. The lowest BCUT2D eigenvalue weighted by atomic mass is 10.1. The Balaban J connectivity index is 1.66. The molecule has 0 saturated carbocycles. The number of benzene rings is 1. The summed E-state index contributed by atoms with van der Waals surface area (Å²) in [5.41, 5.74) is 7.50. The van der Waals surface area contributed by atoms with E-state index in [4.69, 9.17) is 74.2 Å². The van der Waals surface area contributed by atoms with Crippen molar-refractivity contribution in [1.29, 1.82) is 0 Å². The van der Waals surface area contributed by atoms with Crippen molar-refractivity contribution in [3.63, 3.8) is 0 Å². The van der Waals surface area contributed by atoms with E-state index in [-0.39, 0.29) is 6.29 Å². The number of nitrogen functional groups attached to an aromatic ring is 1. The minimum absolute atomic E-state index is 0.352.